The lowest BCUT2D eigenvalue weighted by Gasteiger charge is -2.20. The van der Waals surface area contributed by atoms with Crippen molar-refractivity contribution in [3.05, 3.63) is 54.3 Å². The molecular formula is C23H26ClFN4O2. The van der Waals surface area contributed by atoms with Crippen molar-refractivity contribution in [3.8, 4) is 23.1 Å². The SMILES string of the molecule is CC(C)COc1nc(-c2ccccc2F)n(-c2ccc(NC(=O)C(C)(C)CCl)cc2)n1. The Hall–Kier alpha value is -2.93. The summed E-state index contributed by atoms with van der Waals surface area (Å²) < 4.78 is 21.7. The largest absolute Gasteiger partial charge is 0.462 e. The van der Waals surface area contributed by atoms with E-state index >= 15 is 0 Å². The van der Waals surface area contributed by atoms with Crippen molar-refractivity contribution >= 4 is 23.2 Å². The molecule has 1 N–H and O–H groups in total. The van der Waals surface area contributed by atoms with Gasteiger partial charge >= 0.3 is 6.01 Å². The third-order valence-corrected chi connectivity index (χ3v) is 5.23. The number of carbonyl (C=O) groups is 1. The second-order valence-corrected chi connectivity index (χ2v) is 8.60. The third-order valence-electron chi connectivity index (χ3n) is 4.57. The van der Waals surface area contributed by atoms with Gasteiger partial charge in [-0.15, -0.1) is 16.7 Å². The molecule has 0 spiro atoms. The molecule has 0 saturated carbocycles. The summed E-state index contributed by atoms with van der Waals surface area (Å²) in [5.41, 5.74) is 0.901. The molecule has 31 heavy (non-hydrogen) atoms. The highest BCUT2D eigenvalue weighted by Gasteiger charge is 2.26. The van der Waals surface area contributed by atoms with E-state index in [1.54, 1.807) is 56.3 Å². The summed E-state index contributed by atoms with van der Waals surface area (Å²) in [6.07, 6.45) is 0. The van der Waals surface area contributed by atoms with E-state index in [4.69, 9.17) is 16.3 Å². The lowest BCUT2D eigenvalue weighted by molar-refractivity contribution is -0.122. The lowest BCUT2D eigenvalue weighted by Crippen LogP contribution is -2.32. The lowest BCUT2D eigenvalue weighted by atomic mass is 9.95. The Morgan fingerprint density at radius 1 is 1.19 bits per heavy atom. The minimum atomic E-state index is -0.688. The second kappa shape index (κ2) is 9.47. The second-order valence-electron chi connectivity index (χ2n) is 8.33. The Morgan fingerprint density at radius 2 is 1.87 bits per heavy atom. The van der Waals surface area contributed by atoms with Crippen LogP contribution in [0, 0.1) is 17.2 Å². The fourth-order valence-electron chi connectivity index (χ4n) is 2.64. The number of nitrogens with zero attached hydrogens (tertiary/aromatic N) is 3. The monoisotopic (exact) mass is 444 g/mol. The van der Waals surface area contributed by atoms with Crippen LogP contribution < -0.4 is 10.1 Å². The van der Waals surface area contributed by atoms with Gasteiger partial charge in [-0.3, -0.25) is 4.79 Å². The van der Waals surface area contributed by atoms with Crippen LogP contribution in [0.2, 0.25) is 0 Å². The Morgan fingerprint density at radius 3 is 2.48 bits per heavy atom. The quantitative estimate of drug-likeness (QED) is 0.478. The van der Waals surface area contributed by atoms with Crippen LogP contribution in [0.15, 0.2) is 48.5 Å². The summed E-state index contributed by atoms with van der Waals surface area (Å²) in [7, 11) is 0. The molecule has 164 valence electrons. The topological polar surface area (TPSA) is 69.0 Å². The zero-order valence-electron chi connectivity index (χ0n) is 18.0. The minimum Gasteiger partial charge on any atom is -0.462 e. The molecule has 0 aliphatic carbocycles. The highest BCUT2D eigenvalue weighted by Crippen LogP contribution is 2.27. The number of benzene rings is 2. The number of aromatic nitrogens is 3. The summed E-state index contributed by atoms with van der Waals surface area (Å²) in [4.78, 5) is 16.8. The molecule has 0 atom stereocenters. The minimum absolute atomic E-state index is 0.174. The van der Waals surface area contributed by atoms with Gasteiger partial charge in [0, 0.05) is 11.6 Å². The molecule has 0 fully saturated rings. The van der Waals surface area contributed by atoms with E-state index in [0.717, 1.165) is 0 Å². The molecule has 0 bridgehead atoms. The van der Waals surface area contributed by atoms with Crippen molar-refractivity contribution in [3.63, 3.8) is 0 Å². The predicted octanol–water partition coefficient (Wildman–Crippen LogP) is 5.31. The maximum atomic E-state index is 14.5. The van der Waals surface area contributed by atoms with Gasteiger partial charge in [0.25, 0.3) is 0 Å². The number of halogens is 2. The fraction of sp³-hybridized carbons (Fsp3) is 0.348. The highest BCUT2D eigenvalue weighted by atomic mass is 35.5. The van der Waals surface area contributed by atoms with Crippen LogP contribution >= 0.6 is 11.6 Å². The summed E-state index contributed by atoms with van der Waals surface area (Å²) in [6, 6.07) is 13.6. The van der Waals surface area contributed by atoms with Gasteiger partial charge in [-0.1, -0.05) is 26.0 Å². The number of rotatable bonds is 8. The first-order valence-electron chi connectivity index (χ1n) is 10.0. The molecule has 1 aromatic heterocycles. The van der Waals surface area contributed by atoms with Crippen LogP contribution in [0.5, 0.6) is 6.01 Å². The van der Waals surface area contributed by atoms with Crippen molar-refractivity contribution < 1.29 is 13.9 Å². The molecule has 0 unspecified atom stereocenters. The molecule has 0 saturated heterocycles. The van der Waals surface area contributed by atoms with Crippen LogP contribution in [-0.4, -0.2) is 33.2 Å². The molecule has 1 heterocycles. The van der Waals surface area contributed by atoms with Gasteiger partial charge in [0.05, 0.1) is 23.3 Å². The van der Waals surface area contributed by atoms with Crippen molar-refractivity contribution in [1.29, 1.82) is 0 Å². The molecule has 3 aromatic rings. The Labute approximate surface area is 186 Å². The van der Waals surface area contributed by atoms with Crippen molar-refractivity contribution in [1.82, 2.24) is 14.8 Å². The van der Waals surface area contributed by atoms with E-state index in [1.165, 1.54) is 10.7 Å². The van der Waals surface area contributed by atoms with Crippen LogP contribution in [-0.2, 0) is 4.79 Å². The first kappa shape index (κ1) is 22.7. The summed E-state index contributed by atoms with van der Waals surface area (Å²) in [5, 5.41) is 7.28. The summed E-state index contributed by atoms with van der Waals surface area (Å²) in [6.45, 7) is 8.04. The number of ether oxygens (including phenoxy) is 1. The molecule has 6 nitrogen and oxygen atoms in total. The Balaban J connectivity index is 1.93. The van der Waals surface area contributed by atoms with E-state index in [1.807, 2.05) is 13.8 Å². The molecule has 0 aliphatic rings. The summed E-state index contributed by atoms with van der Waals surface area (Å²) >= 11 is 5.87. The molecule has 2 aromatic carbocycles. The van der Waals surface area contributed by atoms with E-state index in [9.17, 15) is 9.18 Å². The maximum absolute atomic E-state index is 14.5. The predicted molar refractivity (Wildman–Crippen MR) is 120 cm³/mol. The smallest absolute Gasteiger partial charge is 0.336 e. The van der Waals surface area contributed by atoms with Gasteiger partial charge in [-0.2, -0.15) is 4.98 Å². The van der Waals surface area contributed by atoms with Crippen LogP contribution in [0.4, 0.5) is 10.1 Å². The molecule has 1 amide bonds. The van der Waals surface area contributed by atoms with E-state index in [2.05, 4.69) is 15.4 Å². The average molecular weight is 445 g/mol. The normalized spacial score (nSPS) is 11.6. The number of nitrogens with one attached hydrogen (secondary N) is 1. The molecule has 8 heteroatoms. The van der Waals surface area contributed by atoms with E-state index in [-0.39, 0.29) is 17.8 Å². The number of hydrogen-bond acceptors (Lipinski definition) is 4. The highest BCUT2D eigenvalue weighted by molar-refractivity contribution is 6.20. The average Bonchev–Trinajstić information content (AvgIpc) is 3.17. The molecule has 0 aliphatic heterocycles. The van der Waals surface area contributed by atoms with Gasteiger partial charge in [0.2, 0.25) is 5.91 Å². The maximum Gasteiger partial charge on any atom is 0.336 e. The first-order chi connectivity index (χ1) is 14.7. The third kappa shape index (κ3) is 5.41. The zero-order valence-corrected chi connectivity index (χ0v) is 18.8. The first-order valence-corrected chi connectivity index (χ1v) is 10.6. The fourth-order valence-corrected chi connectivity index (χ4v) is 2.76. The van der Waals surface area contributed by atoms with Crippen LogP contribution in [0.1, 0.15) is 27.7 Å². The van der Waals surface area contributed by atoms with Crippen molar-refractivity contribution in [2.75, 3.05) is 17.8 Å². The molecule has 0 radical (unpaired) electrons. The molecular weight excluding hydrogens is 419 g/mol. The van der Waals surface area contributed by atoms with Crippen molar-refractivity contribution in [2.24, 2.45) is 11.3 Å². The van der Waals surface area contributed by atoms with Gasteiger partial charge in [-0.25, -0.2) is 9.07 Å². The number of anilines is 1. The van der Waals surface area contributed by atoms with Crippen LogP contribution in [0.25, 0.3) is 17.1 Å². The summed E-state index contributed by atoms with van der Waals surface area (Å²) in [5.74, 6) is 0.258. The van der Waals surface area contributed by atoms with Crippen molar-refractivity contribution in [2.45, 2.75) is 27.7 Å². The van der Waals surface area contributed by atoms with E-state index in [0.29, 0.717) is 35.3 Å². The van der Waals surface area contributed by atoms with Gasteiger partial charge in [0.15, 0.2) is 5.82 Å². The van der Waals surface area contributed by atoms with Gasteiger partial charge < -0.3 is 10.1 Å². The van der Waals surface area contributed by atoms with Gasteiger partial charge in [-0.05, 0) is 56.2 Å². The van der Waals surface area contributed by atoms with Gasteiger partial charge in [0.1, 0.15) is 5.82 Å². The standard InChI is InChI=1S/C23H26ClFN4O2/c1-15(2)13-31-22-27-20(18-7-5-6-8-19(18)25)29(28-22)17-11-9-16(10-12-17)26-21(30)23(3,4)14-24/h5-12,15H,13-14H2,1-4H3,(H,26,30). The number of hydrogen-bond donors (Lipinski definition) is 1. The Bertz CT molecular complexity index is 1050. The molecule has 3 rings (SSSR count). The number of alkyl halides is 1. The van der Waals surface area contributed by atoms with E-state index < -0.39 is 11.2 Å². The van der Waals surface area contributed by atoms with Crippen LogP contribution in [0.3, 0.4) is 0 Å². The number of carbonyl (C=O) groups excluding carboxylic acids is 1. The Kier molecular flexibility index (Phi) is 6.95. The zero-order chi connectivity index (χ0) is 22.6. The number of amides is 1.